The van der Waals surface area contributed by atoms with E-state index in [2.05, 4.69) is 4.90 Å². The van der Waals surface area contributed by atoms with Crippen LogP contribution in [0.25, 0.3) is 0 Å². The fourth-order valence-corrected chi connectivity index (χ4v) is 2.86. The Hall–Kier alpha value is -2.08. The average Bonchev–Trinajstić information content (AvgIpc) is 2.64. The number of methoxy groups -OCH3 is 1. The number of piperidine rings is 1. The second kappa shape index (κ2) is 9.27. The van der Waals surface area contributed by atoms with Crippen molar-refractivity contribution in [3.8, 4) is 0 Å². The molecular weight excluding hydrogens is 308 g/mol. The number of nitrogens with zero attached hydrogens (tertiary/aromatic N) is 2. The summed E-state index contributed by atoms with van der Waals surface area (Å²) in [5, 5.41) is 0. The number of hydrogen-bond acceptors (Lipinski definition) is 5. The first kappa shape index (κ1) is 18.3. The smallest absolute Gasteiger partial charge is 0.409 e. The molecule has 1 aliphatic rings. The van der Waals surface area contributed by atoms with Crippen molar-refractivity contribution >= 4 is 12.1 Å². The van der Waals surface area contributed by atoms with Crippen molar-refractivity contribution in [2.45, 2.75) is 31.9 Å². The minimum Gasteiger partial charge on any atom is -0.468 e. The Labute approximate surface area is 143 Å². The molecule has 0 aliphatic carbocycles. The van der Waals surface area contributed by atoms with Gasteiger partial charge in [-0.1, -0.05) is 36.8 Å². The van der Waals surface area contributed by atoms with Crippen molar-refractivity contribution < 1.29 is 19.1 Å². The number of likely N-dealkylation sites (N-methyl/N-ethyl adjacent to an activating group) is 1. The van der Waals surface area contributed by atoms with Crippen molar-refractivity contribution in [3.05, 3.63) is 35.9 Å². The van der Waals surface area contributed by atoms with Gasteiger partial charge in [-0.2, -0.15) is 0 Å². The number of likely N-dealkylation sites (tertiary alicyclic amines) is 1. The Kier molecular flexibility index (Phi) is 7.06. The molecule has 2 rings (SSSR count). The number of amides is 1. The highest BCUT2D eigenvalue weighted by Crippen LogP contribution is 2.17. The Morgan fingerprint density at radius 2 is 2.00 bits per heavy atom. The number of benzene rings is 1. The molecule has 1 aliphatic heterocycles. The summed E-state index contributed by atoms with van der Waals surface area (Å²) in [4.78, 5) is 27.5. The molecule has 1 atom stereocenters. The third-order valence-electron chi connectivity index (χ3n) is 4.33. The van der Waals surface area contributed by atoms with Gasteiger partial charge in [0.2, 0.25) is 0 Å². The van der Waals surface area contributed by atoms with Gasteiger partial charge < -0.3 is 14.4 Å². The predicted octanol–water partition coefficient (Wildman–Crippen LogP) is 2.28. The molecule has 0 bridgehead atoms. The maximum absolute atomic E-state index is 12.1. The van der Waals surface area contributed by atoms with Crippen LogP contribution >= 0.6 is 0 Å². The largest absolute Gasteiger partial charge is 0.468 e. The fraction of sp³-hybridized carbons (Fsp3) is 0.556. The summed E-state index contributed by atoms with van der Waals surface area (Å²) >= 11 is 0. The number of carbonyl (C=O) groups is 2. The van der Waals surface area contributed by atoms with Crippen LogP contribution in [0.15, 0.2) is 30.3 Å². The van der Waals surface area contributed by atoms with Gasteiger partial charge in [0.1, 0.15) is 12.6 Å². The zero-order valence-corrected chi connectivity index (χ0v) is 14.4. The molecule has 24 heavy (non-hydrogen) atoms. The summed E-state index contributed by atoms with van der Waals surface area (Å²) in [7, 11) is 3.13. The zero-order valence-electron chi connectivity index (χ0n) is 14.4. The Morgan fingerprint density at radius 1 is 1.25 bits per heavy atom. The molecule has 1 amide bonds. The molecule has 0 spiro atoms. The molecular formula is C18H26N2O4. The number of carbonyl (C=O) groups excluding carboxylic acids is 2. The summed E-state index contributed by atoms with van der Waals surface area (Å²) in [5.41, 5.74) is 0.959. The van der Waals surface area contributed by atoms with E-state index in [0.717, 1.165) is 31.4 Å². The molecule has 0 unspecified atom stereocenters. The molecule has 1 aromatic carbocycles. The summed E-state index contributed by atoms with van der Waals surface area (Å²) < 4.78 is 10.2. The molecule has 132 valence electrons. The molecule has 0 saturated carbocycles. The minimum absolute atomic E-state index is 0.191. The van der Waals surface area contributed by atoms with E-state index in [0.29, 0.717) is 13.1 Å². The third-order valence-corrected chi connectivity index (χ3v) is 4.33. The van der Waals surface area contributed by atoms with Crippen LogP contribution in [0.3, 0.4) is 0 Å². The molecule has 0 aromatic heterocycles. The maximum atomic E-state index is 12.1. The van der Waals surface area contributed by atoms with Crippen LogP contribution in [0.5, 0.6) is 0 Å². The van der Waals surface area contributed by atoms with Crippen molar-refractivity contribution in [3.63, 3.8) is 0 Å². The van der Waals surface area contributed by atoms with Gasteiger partial charge in [-0.25, -0.2) is 4.79 Å². The van der Waals surface area contributed by atoms with E-state index in [-0.39, 0.29) is 24.7 Å². The van der Waals surface area contributed by atoms with Gasteiger partial charge in [0, 0.05) is 20.1 Å². The summed E-state index contributed by atoms with van der Waals surface area (Å²) in [5.74, 6) is -0.191. The molecule has 0 radical (unpaired) electrons. The molecule has 1 heterocycles. The van der Waals surface area contributed by atoms with Crippen molar-refractivity contribution in [1.29, 1.82) is 0 Å². The van der Waals surface area contributed by atoms with Crippen LogP contribution < -0.4 is 0 Å². The number of hydrogen-bond donors (Lipinski definition) is 0. The van der Waals surface area contributed by atoms with E-state index < -0.39 is 0 Å². The van der Waals surface area contributed by atoms with Crippen molar-refractivity contribution in [2.75, 3.05) is 33.8 Å². The van der Waals surface area contributed by atoms with Gasteiger partial charge in [-0.3, -0.25) is 9.69 Å². The highest BCUT2D eigenvalue weighted by atomic mass is 16.6. The third kappa shape index (κ3) is 5.23. The summed E-state index contributed by atoms with van der Waals surface area (Å²) in [6.07, 6.45) is 2.56. The minimum atomic E-state index is -0.356. The van der Waals surface area contributed by atoms with Gasteiger partial charge in [-0.05, 0) is 24.9 Å². The van der Waals surface area contributed by atoms with Gasteiger partial charge in [0.25, 0.3) is 0 Å². The molecule has 0 N–H and O–H groups in total. The van der Waals surface area contributed by atoms with Crippen molar-refractivity contribution in [2.24, 2.45) is 0 Å². The van der Waals surface area contributed by atoms with Gasteiger partial charge in [0.05, 0.1) is 7.11 Å². The first-order valence-electron chi connectivity index (χ1n) is 8.35. The molecule has 1 saturated heterocycles. The van der Waals surface area contributed by atoms with Crippen LogP contribution in [-0.4, -0.2) is 61.7 Å². The van der Waals surface area contributed by atoms with Crippen LogP contribution in [0, 0.1) is 0 Å². The Morgan fingerprint density at radius 3 is 2.71 bits per heavy atom. The van der Waals surface area contributed by atoms with Gasteiger partial charge >= 0.3 is 12.1 Å². The normalized spacial score (nSPS) is 18.0. The predicted molar refractivity (Wildman–Crippen MR) is 90.5 cm³/mol. The lowest BCUT2D eigenvalue weighted by molar-refractivity contribution is -0.148. The first-order valence-corrected chi connectivity index (χ1v) is 8.35. The second-order valence-corrected chi connectivity index (χ2v) is 6.03. The second-order valence-electron chi connectivity index (χ2n) is 6.03. The standard InChI is InChI=1S/C18H26N2O4/c1-19(18(22)24-14-15-8-4-3-5-9-15)12-13-20-11-7-6-10-16(20)17(21)23-2/h3-5,8-9,16H,6-7,10-14H2,1-2H3/t16-/m0/s1. The fourth-order valence-electron chi connectivity index (χ4n) is 2.86. The monoisotopic (exact) mass is 334 g/mol. The van der Waals surface area contributed by atoms with E-state index in [9.17, 15) is 9.59 Å². The van der Waals surface area contributed by atoms with E-state index in [4.69, 9.17) is 9.47 Å². The quantitative estimate of drug-likeness (QED) is 0.747. The number of ether oxygens (including phenoxy) is 2. The van der Waals surface area contributed by atoms with E-state index in [1.54, 1.807) is 11.9 Å². The highest BCUT2D eigenvalue weighted by molar-refractivity contribution is 5.75. The van der Waals surface area contributed by atoms with Gasteiger partial charge in [-0.15, -0.1) is 0 Å². The summed E-state index contributed by atoms with van der Waals surface area (Å²) in [6.45, 7) is 2.27. The van der Waals surface area contributed by atoms with E-state index in [1.807, 2.05) is 30.3 Å². The zero-order chi connectivity index (χ0) is 17.4. The van der Waals surface area contributed by atoms with Crippen LogP contribution in [0.2, 0.25) is 0 Å². The Balaban J connectivity index is 1.77. The highest BCUT2D eigenvalue weighted by Gasteiger charge is 2.29. The Bertz CT molecular complexity index is 535. The lowest BCUT2D eigenvalue weighted by atomic mass is 10.0. The number of rotatable bonds is 6. The van der Waals surface area contributed by atoms with Crippen LogP contribution in [0.1, 0.15) is 24.8 Å². The average molecular weight is 334 g/mol. The SMILES string of the molecule is COC(=O)[C@@H]1CCCCN1CCN(C)C(=O)OCc1ccccc1. The van der Waals surface area contributed by atoms with Crippen LogP contribution in [0.4, 0.5) is 4.79 Å². The lowest BCUT2D eigenvalue weighted by Gasteiger charge is -2.34. The van der Waals surface area contributed by atoms with Gasteiger partial charge in [0.15, 0.2) is 0 Å². The number of esters is 1. The van der Waals surface area contributed by atoms with E-state index in [1.165, 1.54) is 7.11 Å². The van der Waals surface area contributed by atoms with Crippen molar-refractivity contribution in [1.82, 2.24) is 9.80 Å². The molecule has 1 aromatic rings. The first-order chi connectivity index (χ1) is 11.6. The topological polar surface area (TPSA) is 59.1 Å². The molecule has 6 nitrogen and oxygen atoms in total. The maximum Gasteiger partial charge on any atom is 0.409 e. The molecule has 1 fully saturated rings. The van der Waals surface area contributed by atoms with E-state index >= 15 is 0 Å². The summed E-state index contributed by atoms with van der Waals surface area (Å²) in [6, 6.07) is 9.39. The van der Waals surface area contributed by atoms with Crippen LogP contribution in [-0.2, 0) is 20.9 Å². The molecule has 6 heteroatoms. The lowest BCUT2D eigenvalue weighted by Crippen LogP contribution is -2.48.